The highest BCUT2D eigenvalue weighted by molar-refractivity contribution is 8.00. The van der Waals surface area contributed by atoms with Crippen LogP contribution in [-0.2, 0) is 10.0 Å². The van der Waals surface area contributed by atoms with Gasteiger partial charge >= 0.3 is 0 Å². The van der Waals surface area contributed by atoms with Gasteiger partial charge in [0.25, 0.3) is 0 Å². The largest absolute Gasteiger partial charge is 0.314 e. The molecule has 0 aromatic heterocycles. The molecular formula is C14H28N2O2S2. The van der Waals surface area contributed by atoms with Gasteiger partial charge in [-0.2, -0.15) is 11.8 Å². The summed E-state index contributed by atoms with van der Waals surface area (Å²) in [6, 6.07) is 0.660. The molecule has 0 aliphatic heterocycles. The van der Waals surface area contributed by atoms with Gasteiger partial charge in [0.2, 0.25) is 10.0 Å². The van der Waals surface area contributed by atoms with Crippen LogP contribution < -0.4 is 10.0 Å². The Labute approximate surface area is 127 Å². The van der Waals surface area contributed by atoms with E-state index in [2.05, 4.69) is 16.3 Å². The molecule has 2 saturated carbocycles. The first-order valence-corrected chi connectivity index (χ1v) is 10.7. The zero-order valence-corrected chi connectivity index (χ0v) is 14.1. The molecule has 0 spiro atoms. The fourth-order valence-corrected chi connectivity index (χ4v) is 4.99. The van der Waals surface area contributed by atoms with Crippen LogP contribution in [0.3, 0.4) is 0 Å². The lowest BCUT2D eigenvalue weighted by atomic mass is 9.88. The summed E-state index contributed by atoms with van der Waals surface area (Å²) in [5, 5.41) is 3.36. The molecule has 0 aromatic carbocycles. The van der Waals surface area contributed by atoms with Crippen LogP contribution in [0.15, 0.2) is 0 Å². The molecule has 2 rings (SSSR count). The van der Waals surface area contributed by atoms with Crippen LogP contribution in [0.2, 0.25) is 0 Å². The molecule has 4 nitrogen and oxygen atoms in total. The SMILES string of the molecule is CSC1(CNS(=O)(=O)CCCNC2CC2)CCCCC1. The smallest absolute Gasteiger partial charge is 0.211 e. The quantitative estimate of drug-likeness (QED) is 0.639. The highest BCUT2D eigenvalue weighted by Crippen LogP contribution is 2.38. The van der Waals surface area contributed by atoms with Gasteiger partial charge in [0, 0.05) is 17.3 Å². The second-order valence-electron chi connectivity index (χ2n) is 6.17. The molecule has 0 unspecified atom stereocenters. The molecule has 0 saturated heterocycles. The van der Waals surface area contributed by atoms with E-state index in [1.807, 2.05) is 11.8 Å². The summed E-state index contributed by atoms with van der Waals surface area (Å²) < 4.78 is 27.1. The second kappa shape index (κ2) is 7.47. The Bertz CT molecular complexity index is 388. The molecule has 20 heavy (non-hydrogen) atoms. The van der Waals surface area contributed by atoms with Gasteiger partial charge in [-0.3, -0.25) is 0 Å². The van der Waals surface area contributed by atoms with E-state index in [1.54, 1.807) is 0 Å². The molecule has 0 amide bonds. The van der Waals surface area contributed by atoms with E-state index in [0.717, 1.165) is 19.4 Å². The summed E-state index contributed by atoms with van der Waals surface area (Å²) >= 11 is 1.84. The minimum atomic E-state index is -3.11. The first-order chi connectivity index (χ1) is 9.55. The van der Waals surface area contributed by atoms with Crippen molar-refractivity contribution in [3.05, 3.63) is 0 Å². The number of hydrogen-bond donors (Lipinski definition) is 2. The molecule has 0 radical (unpaired) electrons. The van der Waals surface area contributed by atoms with E-state index < -0.39 is 10.0 Å². The summed E-state index contributed by atoms with van der Waals surface area (Å²) in [6.45, 7) is 1.42. The Balaban J connectivity index is 1.69. The third-order valence-corrected chi connectivity index (χ3v) is 7.24. The Morgan fingerprint density at radius 1 is 1.20 bits per heavy atom. The minimum absolute atomic E-state index is 0.136. The van der Waals surface area contributed by atoms with Crippen molar-refractivity contribution in [2.24, 2.45) is 0 Å². The van der Waals surface area contributed by atoms with Crippen LogP contribution in [0, 0.1) is 0 Å². The van der Waals surface area contributed by atoms with Gasteiger partial charge in [0.05, 0.1) is 5.75 Å². The van der Waals surface area contributed by atoms with Crippen molar-refractivity contribution in [2.45, 2.75) is 62.2 Å². The van der Waals surface area contributed by atoms with Crippen LogP contribution in [0.4, 0.5) is 0 Å². The lowest BCUT2D eigenvalue weighted by Crippen LogP contribution is -2.42. The molecule has 0 bridgehead atoms. The third kappa shape index (κ3) is 5.54. The average Bonchev–Trinajstić information content (AvgIpc) is 3.27. The maximum Gasteiger partial charge on any atom is 0.211 e. The van der Waals surface area contributed by atoms with Crippen LogP contribution in [-0.4, -0.2) is 44.3 Å². The fourth-order valence-electron chi connectivity index (χ4n) is 2.82. The van der Waals surface area contributed by atoms with Gasteiger partial charge in [-0.25, -0.2) is 13.1 Å². The highest BCUT2D eigenvalue weighted by Gasteiger charge is 2.32. The zero-order chi connectivity index (χ0) is 14.5. The fraction of sp³-hybridized carbons (Fsp3) is 1.00. The van der Waals surface area contributed by atoms with Gasteiger partial charge in [-0.1, -0.05) is 19.3 Å². The average molecular weight is 321 g/mol. The zero-order valence-electron chi connectivity index (χ0n) is 12.5. The molecule has 0 atom stereocenters. The van der Waals surface area contributed by atoms with Gasteiger partial charge in [0.1, 0.15) is 0 Å². The van der Waals surface area contributed by atoms with Gasteiger partial charge in [0.15, 0.2) is 0 Å². The van der Waals surface area contributed by atoms with Gasteiger partial charge < -0.3 is 5.32 Å². The molecular weight excluding hydrogens is 292 g/mol. The molecule has 118 valence electrons. The summed E-state index contributed by atoms with van der Waals surface area (Å²) in [7, 11) is -3.11. The monoisotopic (exact) mass is 320 g/mol. The van der Waals surface area contributed by atoms with E-state index in [4.69, 9.17) is 0 Å². The molecule has 2 N–H and O–H groups in total. The van der Waals surface area contributed by atoms with E-state index in [-0.39, 0.29) is 10.5 Å². The maximum absolute atomic E-state index is 12.0. The first-order valence-electron chi connectivity index (χ1n) is 7.81. The third-order valence-electron chi connectivity index (χ3n) is 4.41. The van der Waals surface area contributed by atoms with Crippen LogP contribution in [0.1, 0.15) is 51.4 Å². The van der Waals surface area contributed by atoms with Crippen molar-refractivity contribution in [2.75, 3.05) is 25.1 Å². The Morgan fingerprint density at radius 2 is 1.90 bits per heavy atom. The number of nitrogens with one attached hydrogen (secondary N) is 2. The van der Waals surface area contributed by atoms with Crippen molar-refractivity contribution in [3.63, 3.8) is 0 Å². The van der Waals surface area contributed by atoms with E-state index >= 15 is 0 Å². The number of sulfonamides is 1. The van der Waals surface area contributed by atoms with E-state index in [1.165, 1.54) is 32.1 Å². The maximum atomic E-state index is 12.0. The predicted molar refractivity (Wildman–Crippen MR) is 86.8 cm³/mol. The predicted octanol–water partition coefficient (Wildman–Crippen LogP) is 2.11. The van der Waals surface area contributed by atoms with Crippen LogP contribution in [0.25, 0.3) is 0 Å². The number of rotatable bonds is 9. The first kappa shape index (κ1) is 16.6. The lowest BCUT2D eigenvalue weighted by Gasteiger charge is -2.35. The molecule has 6 heteroatoms. The standard InChI is InChI=1S/C14H28N2O2S2/c1-19-14(8-3-2-4-9-14)12-16-20(17,18)11-5-10-15-13-6-7-13/h13,15-16H,2-12H2,1H3. The van der Waals surface area contributed by atoms with Crippen molar-refractivity contribution in [1.82, 2.24) is 10.0 Å². The van der Waals surface area contributed by atoms with E-state index in [0.29, 0.717) is 19.0 Å². The molecule has 2 aliphatic rings. The molecule has 2 aliphatic carbocycles. The normalized spacial score (nSPS) is 22.9. The lowest BCUT2D eigenvalue weighted by molar-refractivity contribution is 0.395. The van der Waals surface area contributed by atoms with Crippen molar-refractivity contribution in [1.29, 1.82) is 0 Å². The molecule has 2 fully saturated rings. The summed E-state index contributed by atoms with van der Waals surface area (Å²) in [5.74, 6) is 0.247. The van der Waals surface area contributed by atoms with Crippen LogP contribution >= 0.6 is 11.8 Å². The summed E-state index contributed by atoms with van der Waals surface area (Å²) in [5.41, 5.74) is 0. The van der Waals surface area contributed by atoms with Crippen molar-refractivity contribution < 1.29 is 8.42 Å². The summed E-state index contributed by atoms with van der Waals surface area (Å²) in [6.07, 6.45) is 11.4. The second-order valence-corrected chi connectivity index (χ2v) is 9.37. The topological polar surface area (TPSA) is 58.2 Å². The molecule has 0 heterocycles. The van der Waals surface area contributed by atoms with Crippen molar-refractivity contribution >= 4 is 21.8 Å². The Hall–Kier alpha value is 0.220. The highest BCUT2D eigenvalue weighted by atomic mass is 32.2. The Kier molecular flexibility index (Phi) is 6.20. The minimum Gasteiger partial charge on any atom is -0.314 e. The summed E-state index contributed by atoms with van der Waals surface area (Å²) in [4.78, 5) is 0. The van der Waals surface area contributed by atoms with E-state index in [9.17, 15) is 8.42 Å². The van der Waals surface area contributed by atoms with Gasteiger partial charge in [-0.05, 0) is 44.9 Å². The Morgan fingerprint density at radius 3 is 2.50 bits per heavy atom. The molecule has 0 aromatic rings. The van der Waals surface area contributed by atoms with Crippen molar-refractivity contribution in [3.8, 4) is 0 Å². The number of thioether (sulfide) groups is 1. The van der Waals surface area contributed by atoms with Gasteiger partial charge in [-0.15, -0.1) is 0 Å². The number of hydrogen-bond acceptors (Lipinski definition) is 4. The van der Waals surface area contributed by atoms with Crippen LogP contribution in [0.5, 0.6) is 0 Å².